The van der Waals surface area contributed by atoms with E-state index in [1.165, 1.54) is 54.6 Å². The minimum atomic E-state index is 1.21. The predicted molar refractivity (Wildman–Crippen MR) is 140 cm³/mol. The van der Waals surface area contributed by atoms with E-state index in [4.69, 9.17) is 0 Å². The Morgan fingerprint density at radius 3 is 2.00 bits per heavy atom. The highest BCUT2D eigenvalue weighted by Crippen LogP contribution is 2.32. The first kappa shape index (κ1) is 18.6. The Kier molecular flexibility index (Phi) is 4.55. The third-order valence-electron chi connectivity index (χ3n) is 6.25. The zero-order valence-corrected chi connectivity index (χ0v) is 17.7. The van der Waals surface area contributed by atoms with E-state index >= 15 is 0 Å². The van der Waals surface area contributed by atoms with Gasteiger partial charge in [-0.1, -0.05) is 121 Å². The van der Waals surface area contributed by atoms with Crippen LogP contribution in [0, 0.1) is 0 Å². The van der Waals surface area contributed by atoms with Gasteiger partial charge in [-0.15, -0.1) is 0 Å². The molecule has 0 nitrogen and oxygen atoms in total. The number of hydrogen-bond acceptors (Lipinski definition) is 0. The lowest BCUT2D eigenvalue weighted by molar-refractivity contribution is 1.64. The van der Waals surface area contributed by atoms with Crippen molar-refractivity contribution in [1.82, 2.24) is 0 Å². The van der Waals surface area contributed by atoms with Crippen LogP contribution in [0.2, 0.25) is 0 Å². The van der Waals surface area contributed by atoms with Gasteiger partial charge in [0.05, 0.1) is 0 Å². The van der Waals surface area contributed by atoms with E-state index < -0.39 is 0 Å². The maximum atomic E-state index is 2.30. The lowest BCUT2D eigenvalue weighted by atomic mass is 9.95. The predicted octanol–water partition coefficient (Wildman–Crippen LogP) is 8.98. The zero-order chi connectivity index (χ0) is 21.3. The molecule has 0 fully saturated rings. The second-order valence-corrected chi connectivity index (χ2v) is 8.22. The summed E-state index contributed by atoms with van der Waals surface area (Å²) in [7, 11) is 0. The quantitative estimate of drug-likeness (QED) is 0.203. The van der Waals surface area contributed by atoms with Gasteiger partial charge in [0.2, 0.25) is 0 Å². The van der Waals surface area contributed by atoms with E-state index in [2.05, 4.69) is 133 Å². The molecule has 150 valence electrons. The van der Waals surface area contributed by atoms with Crippen molar-refractivity contribution in [3.63, 3.8) is 0 Å². The van der Waals surface area contributed by atoms with Crippen LogP contribution >= 0.6 is 0 Å². The summed E-state index contributed by atoms with van der Waals surface area (Å²) in [5.41, 5.74) is 4.98. The molecule has 0 saturated carbocycles. The van der Waals surface area contributed by atoms with Crippen molar-refractivity contribution in [3.8, 4) is 11.1 Å². The number of fused-ring (bicyclic) bond motifs is 4. The molecule has 0 bridgehead atoms. The van der Waals surface area contributed by atoms with Gasteiger partial charge in [-0.3, -0.25) is 0 Å². The Morgan fingerprint density at radius 2 is 1.12 bits per heavy atom. The molecule has 0 aliphatic heterocycles. The van der Waals surface area contributed by atoms with Gasteiger partial charge in [-0.2, -0.15) is 0 Å². The molecule has 0 atom stereocenters. The van der Waals surface area contributed by atoms with Crippen LogP contribution in [-0.4, -0.2) is 0 Å². The van der Waals surface area contributed by atoms with E-state index in [1.807, 2.05) is 0 Å². The third-order valence-corrected chi connectivity index (χ3v) is 6.25. The first-order chi connectivity index (χ1) is 15.9. The molecule has 0 aromatic heterocycles. The fourth-order valence-electron chi connectivity index (χ4n) is 4.67. The Morgan fingerprint density at radius 1 is 0.406 bits per heavy atom. The second-order valence-electron chi connectivity index (χ2n) is 8.22. The fraction of sp³-hybridized carbons (Fsp3) is 0. The molecule has 0 amide bonds. The van der Waals surface area contributed by atoms with Crippen LogP contribution < -0.4 is 0 Å². The average molecular weight is 407 g/mol. The van der Waals surface area contributed by atoms with Crippen LogP contribution in [0.15, 0.2) is 121 Å². The maximum Gasteiger partial charge on any atom is -0.00994 e. The summed E-state index contributed by atoms with van der Waals surface area (Å²) in [6, 6.07) is 43.5. The highest BCUT2D eigenvalue weighted by Gasteiger charge is 2.06. The standard InChI is InChI=1S/C32H22/c1-2-9-24(10-3-1)28-16-8-12-25-19-17-23(21-32(25)28)18-20-27-22-26-11-4-5-13-29(26)31-15-7-6-14-30(27)31/h1-22H/b20-18+. The van der Waals surface area contributed by atoms with Crippen LogP contribution in [0.5, 0.6) is 0 Å². The van der Waals surface area contributed by atoms with Gasteiger partial charge in [0, 0.05) is 0 Å². The summed E-state index contributed by atoms with van der Waals surface area (Å²) in [6.07, 6.45) is 4.48. The third kappa shape index (κ3) is 3.27. The number of hydrogen-bond donors (Lipinski definition) is 0. The average Bonchev–Trinajstić information content (AvgIpc) is 2.87. The summed E-state index contributed by atoms with van der Waals surface area (Å²) >= 11 is 0. The van der Waals surface area contributed by atoms with Crippen molar-refractivity contribution in [1.29, 1.82) is 0 Å². The van der Waals surface area contributed by atoms with Crippen molar-refractivity contribution in [2.24, 2.45) is 0 Å². The van der Waals surface area contributed by atoms with Gasteiger partial charge < -0.3 is 0 Å². The van der Waals surface area contributed by atoms with Crippen molar-refractivity contribution >= 4 is 44.5 Å². The van der Waals surface area contributed by atoms with Gasteiger partial charge in [-0.05, 0) is 66.7 Å². The number of rotatable bonds is 3. The lowest BCUT2D eigenvalue weighted by Crippen LogP contribution is -1.84. The van der Waals surface area contributed by atoms with Gasteiger partial charge in [0.1, 0.15) is 0 Å². The van der Waals surface area contributed by atoms with Crippen LogP contribution in [0.3, 0.4) is 0 Å². The van der Waals surface area contributed by atoms with Crippen LogP contribution in [0.25, 0.3) is 55.6 Å². The van der Waals surface area contributed by atoms with E-state index in [9.17, 15) is 0 Å². The molecule has 0 heteroatoms. The smallest absolute Gasteiger partial charge is 0.00994 e. The highest BCUT2D eigenvalue weighted by atomic mass is 14.1. The molecule has 0 radical (unpaired) electrons. The SMILES string of the molecule is C(=C\c1cc2ccccc2c2ccccc12)/c1ccc2cccc(-c3ccccc3)c2c1. The largest absolute Gasteiger partial charge is 0.0622 e. The van der Waals surface area contributed by atoms with Crippen LogP contribution in [-0.2, 0) is 0 Å². The summed E-state index contributed by atoms with van der Waals surface area (Å²) in [5.74, 6) is 0. The van der Waals surface area contributed by atoms with Gasteiger partial charge in [0.25, 0.3) is 0 Å². The molecule has 0 aliphatic carbocycles. The molecule has 0 unspecified atom stereocenters. The lowest BCUT2D eigenvalue weighted by Gasteiger charge is -2.09. The Balaban J connectivity index is 1.48. The molecule has 0 heterocycles. The molecule has 6 aromatic carbocycles. The Labute approximate surface area is 188 Å². The fourth-order valence-corrected chi connectivity index (χ4v) is 4.67. The molecule has 32 heavy (non-hydrogen) atoms. The summed E-state index contributed by atoms with van der Waals surface area (Å²) in [5, 5.41) is 7.71. The monoisotopic (exact) mass is 406 g/mol. The van der Waals surface area contributed by atoms with E-state index in [-0.39, 0.29) is 0 Å². The van der Waals surface area contributed by atoms with Gasteiger partial charge in [-0.25, -0.2) is 0 Å². The first-order valence-electron chi connectivity index (χ1n) is 11.0. The van der Waals surface area contributed by atoms with Crippen LogP contribution in [0.4, 0.5) is 0 Å². The molecule has 0 aliphatic rings. The van der Waals surface area contributed by atoms with Gasteiger partial charge in [0.15, 0.2) is 0 Å². The van der Waals surface area contributed by atoms with Crippen molar-refractivity contribution in [3.05, 3.63) is 132 Å². The molecular formula is C32H22. The van der Waals surface area contributed by atoms with Crippen LogP contribution in [0.1, 0.15) is 11.1 Å². The molecule has 0 spiro atoms. The Hall–Kier alpha value is -4.16. The summed E-state index contributed by atoms with van der Waals surface area (Å²) in [4.78, 5) is 0. The molecule has 0 N–H and O–H groups in total. The number of benzene rings is 6. The van der Waals surface area contributed by atoms with E-state index in [0.717, 1.165) is 0 Å². The minimum absolute atomic E-state index is 1.21. The molecule has 6 rings (SSSR count). The van der Waals surface area contributed by atoms with Crippen molar-refractivity contribution in [2.75, 3.05) is 0 Å². The molecular weight excluding hydrogens is 384 g/mol. The first-order valence-corrected chi connectivity index (χ1v) is 11.0. The van der Waals surface area contributed by atoms with E-state index in [0.29, 0.717) is 0 Å². The second kappa shape index (κ2) is 7.83. The van der Waals surface area contributed by atoms with Crippen molar-refractivity contribution < 1.29 is 0 Å². The Bertz CT molecular complexity index is 1600. The molecule has 6 aromatic rings. The normalized spacial score (nSPS) is 11.6. The molecule has 0 saturated heterocycles. The highest BCUT2D eigenvalue weighted by molar-refractivity contribution is 6.11. The maximum absolute atomic E-state index is 2.30. The zero-order valence-electron chi connectivity index (χ0n) is 17.7. The minimum Gasteiger partial charge on any atom is -0.0622 e. The topological polar surface area (TPSA) is 0 Å². The summed E-state index contributed by atoms with van der Waals surface area (Å²) in [6.45, 7) is 0. The van der Waals surface area contributed by atoms with Gasteiger partial charge >= 0.3 is 0 Å². The summed E-state index contributed by atoms with van der Waals surface area (Å²) < 4.78 is 0. The van der Waals surface area contributed by atoms with Crippen molar-refractivity contribution in [2.45, 2.75) is 0 Å². The van der Waals surface area contributed by atoms with E-state index in [1.54, 1.807) is 0 Å².